The second-order valence-corrected chi connectivity index (χ2v) is 10.5. The van der Waals surface area contributed by atoms with Crippen LogP contribution in [0.5, 0.6) is 0 Å². The van der Waals surface area contributed by atoms with Gasteiger partial charge in [-0.3, -0.25) is 9.59 Å². The third kappa shape index (κ3) is 22.4. The minimum absolute atomic E-state index is 0.0506. The van der Waals surface area contributed by atoms with Crippen LogP contribution in [0.1, 0.15) is 130 Å². The van der Waals surface area contributed by atoms with Gasteiger partial charge >= 0.3 is 5.97 Å². The summed E-state index contributed by atoms with van der Waals surface area (Å²) in [7, 11) is 0. The van der Waals surface area contributed by atoms with Gasteiger partial charge in [0.15, 0.2) is 0 Å². The van der Waals surface area contributed by atoms with Crippen molar-refractivity contribution < 1.29 is 19.4 Å². The number of carboxylic acids is 1. The normalized spacial score (nSPS) is 13.8. The van der Waals surface area contributed by atoms with Crippen molar-refractivity contribution in [3.8, 4) is 0 Å². The lowest BCUT2D eigenvalue weighted by molar-refractivity contribution is -0.141. The number of carbonyl (C=O) groups is 2. The molecule has 0 aliphatic rings. The van der Waals surface area contributed by atoms with Crippen LogP contribution in [0.2, 0.25) is 0 Å². The predicted octanol–water partition coefficient (Wildman–Crippen LogP) is 6.52. The molecule has 0 aliphatic carbocycles. The molecular weight excluding hydrogens is 428 g/mol. The molecule has 2 atom stereocenters. The molecule has 0 saturated heterocycles. The van der Waals surface area contributed by atoms with E-state index in [1.165, 1.54) is 70.6 Å². The Labute approximate surface area is 209 Å². The second-order valence-electron chi connectivity index (χ2n) is 10.5. The Morgan fingerprint density at radius 3 is 1.97 bits per heavy atom. The molecule has 0 spiro atoms. The number of carboxylic acid groups (broad SMARTS) is 1. The van der Waals surface area contributed by atoms with Crippen molar-refractivity contribution in [1.82, 2.24) is 5.32 Å². The van der Waals surface area contributed by atoms with E-state index in [1.807, 2.05) is 20.8 Å². The van der Waals surface area contributed by atoms with Gasteiger partial charge in [0.2, 0.25) is 5.91 Å². The van der Waals surface area contributed by atoms with Gasteiger partial charge in [-0.05, 0) is 65.7 Å². The number of allylic oxidation sites excluding steroid dienone is 2. The third-order valence-electron chi connectivity index (χ3n) is 5.81. The van der Waals surface area contributed by atoms with Crippen LogP contribution in [0.4, 0.5) is 0 Å². The minimum atomic E-state index is -1.03. The monoisotopic (exact) mass is 482 g/mol. The molecule has 0 aromatic carbocycles. The van der Waals surface area contributed by atoms with E-state index in [1.54, 1.807) is 0 Å². The number of nitrogens with one attached hydrogen (secondary N) is 1. The smallest absolute Gasteiger partial charge is 0.320 e. The van der Waals surface area contributed by atoms with Crippen LogP contribution in [-0.4, -0.2) is 41.3 Å². The first-order valence-corrected chi connectivity index (χ1v) is 13.7. The summed E-state index contributed by atoms with van der Waals surface area (Å²) in [6.45, 7) is 8.51. The lowest BCUT2D eigenvalue weighted by Crippen LogP contribution is -2.39. The first-order chi connectivity index (χ1) is 16.2. The maximum Gasteiger partial charge on any atom is 0.320 e. The first-order valence-electron chi connectivity index (χ1n) is 13.7. The van der Waals surface area contributed by atoms with E-state index in [2.05, 4.69) is 24.4 Å². The number of amides is 1. The van der Waals surface area contributed by atoms with E-state index in [-0.39, 0.29) is 18.4 Å². The molecule has 6 heteroatoms. The van der Waals surface area contributed by atoms with Crippen LogP contribution < -0.4 is 11.1 Å². The van der Waals surface area contributed by atoms with Crippen LogP contribution in [0.3, 0.4) is 0 Å². The highest BCUT2D eigenvalue weighted by Crippen LogP contribution is 2.17. The Hall–Kier alpha value is -1.40. The highest BCUT2D eigenvalue weighted by atomic mass is 16.5. The van der Waals surface area contributed by atoms with Crippen LogP contribution in [0.25, 0.3) is 0 Å². The summed E-state index contributed by atoms with van der Waals surface area (Å²) in [6, 6.07) is -0.959. The maximum atomic E-state index is 12.1. The number of aliphatic carboxylic acids is 1. The molecule has 0 aromatic rings. The summed E-state index contributed by atoms with van der Waals surface area (Å²) in [4.78, 5) is 23.1. The maximum absolute atomic E-state index is 12.1. The number of nitrogens with two attached hydrogens (primary N) is 1. The Bertz CT molecular complexity index is 543. The molecule has 0 rings (SSSR count). The second kappa shape index (κ2) is 20.9. The Morgan fingerprint density at radius 2 is 1.44 bits per heavy atom. The van der Waals surface area contributed by atoms with E-state index < -0.39 is 17.6 Å². The highest BCUT2D eigenvalue weighted by Gasteiger charge is 2.24. The standard InChI is InChI=1S/C28H54N2O4/c1-5-6-7-8-9-10-11-12-13-14-15-16-17-18-19-20-26(31)30-22-21-24(34-28(2,3)4)23-25(29)27(32)33/h12-13,24-25H,5-11,14-23,29H2,1-4H3,(H,30,31)(H,32,33)/b13-12-. The SMILES string of the molecule is CCCCCCCC/C=C\CCCCCCCC(=O)NCCC(CC(N)C(=O)O)OC(C)(C)C. The fraction of sp³-hybridized carbons (Fsp3) is 0.857. The van der Waals surface area contributed by atoms with Crippen LogP contribution in [0, 0.1) is 0 Å². The van der Waals surface area contributed by atoms with Crippen molar-refractivity contribution >= 4 is 11.9 Å². The van der Waals surface area contributed by atoms with Crippen LogP contribution in [0.15, 0.2) is 12.2 Å². The van der Waals surface area contributed by atoms with Gasteiger partial charge in [0.05, 0.1) is 11.7 Å². The Kier molecular flexibility index (Phi) is 20.1. The van der Waals surface area contributed by atoms with Gasteiger partial charge < -0.3 is 20.9 Å². The van der Waals surface area contributed by atoms with E-state index in [0.717, 1.165) is 12.8 Å². The topological polar surface area (TPSA) is 102 Å². The van der Waals surface area contributed by atoms with Gasteiger partial charge in [0.1, 0.15) is 6.04 Å². The molecule has 4 N–H and O–H groups in total. The zero-order valence-corrected chi connectivity index (χ0v) is 22.6. The zero-order chi connectivity index (χ0) is 25.7. The molecule has 0 heterocycles. The number of hydrogen-bond donors (Lipinski definition) is 3. The Balaban J connectivity index is 3.73. The molecule has 2 unspecified atom stereocenters. The fourth-order valence-corrected chi connectivity index (χ4v) is 3.93. The average Bonchev–Trinajstić information content (AvgIpc) is 2.75. The van der Waals surface area contributed by atoms with E-state index in [0.29, 0.717) is 19.4 Å². The van der Waals surface area contributed by atoms with Gasteiger partial charge in [-0.2, -0.15) is 0 Å². The molecule has 6 nitrogen and oxygen atoms in total. The molecule has 200 valence electrons. The lowest BCUT2D eigenvalue weighted by Gasteiger charge is -2.28. The van der Waals surface area contributed by atoms with Gasteiger partial charge in [-0.1, -0.05) is 70.4 Å². The molecule has 0 saturated carbocycles. The average molecular weight is 483 g/mol. The predicted molar refractivity (Wildman–Crippen MR) is 142 cm³/mol. The van der Waals surface area contributed by atoms with Crippen LogP contribution >= 0.6 is 0 Å². The molecule has 34 heavy (non-hydrogen) atoms. The third-order valence-corrected chi connectivity index (χ3v) is 5.81. The van der Waals surface area contributed by atoms with Crippen molar-refractivity contribution in [2.45, 2.75) is 148 Å². The zero-order valence-electron chi connectivity index (χ0n) is 22.6. The molecular formula is C28H54N2O4. The van der Waals surface area contributed by atoms with Gasteiger partial charge in [0, 0.05) is 13.0 Å². The first kappa shape index (κ1) is 32.6. The lowest BCUT2D eigenvalue weighted by atomic mass is 10.1. The van der Waals surface area contributed by atoms with E-state index in [4.69, 9.17) is 15.6 Å². The number of ether oxygens (including phenoxy) is 1. The van der Waals surface area contributed by atoms with E-state index >= 15 is 0 Å². The van der Waals surface area contributed by atoms with Gasteiger partial charge in [-0.25, -0.2) is 0 Å². The molecule has 0 bridgehead atoms. The molecule has 0 aliphatic heterocycles. The largest absolute Gasteiger partial charge is 0.480 e. The summed E-state index contributed by atoms with van der Waals surface area (Å²) < 4.78 is 5.93. The summed E-state index contributed by atoms with van der Waals surface area (Å²) in [5, 5.41) is 12.0. The molecule has 0 fully saturated rings. The number of rotatable bonds is 22. The van der Waals surface area contributed by atoms with E-state index in [9.17, 15) is 9.59 Å². The number of unbranched alkanes of at least 4 members (excludes halogenated alkanes) is 11. The van der Waals surface area contributed by atoms with Crippen LogP contribution in [-0.2, 0) is 14.3 Å². The molecule has 0 radical (unpaired) electrons. The van der Waals surface area contributed by atoms with Crippen molar-refractivity contribution in [2.75, 3.05) is 6.54 Å². The summed E-state index contributed by atoms with van der Waals surface area (Å²) >= 11 is 0. The van der Waals surface area contributed by atoms with Crippen molar-refractivity contribution in [1.29, 1.82) is 0 Å². The molecule has 1 amide bonds. The number of hydrogen-bond acceptors (Lipinski definition) is 4. The summed E-state index contributed by atoms with van der Waals surface area (Å²) in [5.74, 6) is -0.981. The minimum Gasteiger partial charge on any atom is -0.480 e. The fourth-order valence-electron chi connectivity index (χ4n) is 3.93. The van der Waals surface area contributed by atoms with Crippen molar-refractivity contribution in [3.63, 3.8) is 0 Å². The molecule has 0 aromatic heterocycles. The Morgan fingerprint density at radius 1 is 0.912 bits per heavy atom. The van der Waals surface area contributed by atoms with Gasteiger partial charge in [0.25, 0.3) is 0 Å². The summed E-state index contributed by atoms with van der Waals surface area (Å²) in [5.41, 5.74) is 5.28. The van der Waals surface area contributed by atoms with Gasteiger partial charge in [-0.15, -0.1) is 0 Å². The summed E-state index contributed by atoms with van der Waals surface area (Å²) in [6.07, 6.45) is 21.8. The van der Waals surface area contributed by atoms with Crippen molar-refractivity contribution in [3.05, 3.63) is 12.2 Å². The quantitative estimate of drug-likeness (QED) is 0.120. The highest BCUT2D eigenvalue weighted by molar-refractivity contribution is 5.75. The number of carbonyl (C=O) groups excluding carboxylic acids is 1. The van der Waals surface area contributed by atoms with Crippen molar-refractivity contribution in [2.24, 2.45) is 5.73 Å².